The van der Waals surface area contributed by atoms with E-state index in [4.69, 9.17) is 9.26 Å². The van der Waals surface area contributed by atoms with Crippen LogP contribution in [0.15, 0.2) is 53.1 Å². The van der Waals surface area contributed by atoms with Gasteiger partial charge in [0.05, 0.1) is 6.10 Å². The number of carbonyl (C=O) groups is 1. The zero-order chi connectivity index (χ0) is 22.9. The van der Waals surface area contributed by atoms with Crippen LogP contribution in [-0.4, -0.2) is 27.1 Å². The highest BCUT2D eigenvalue weighted by atomic mass is 16.5. The number of ether oxygens (including phenoxy) is 1. The molecular formula is C26H31N3O3. The summed E-state index contributed by atoms with van der Waals surface area (Å²) in [5, 5.41) is 4.16. The number of benzene rings is 2. The molecule has 4 rings (SSSR count). The summed E-state index contributed by atoms with van der Waals surface area (Å²) in [4.78, 5) is 19.1. The van der Waals surface area contributed by atoms with Crippen molar-refractivity contribution in [2.24, 2.45) is 0 Å². The van der Waals surface area contributed by atoms with Crippen LogP contribution in [0.3, 0.4) is 0 Å². The van der Waals surface area contributed by atoms with Gasteiger partial charge in [0.2, 0.25) is 17.6 Å². The van der Waals surface area contributed by atoms with Gasteiger partial charge in [0.25, 0.3) is 0 Å². The van der Waals surface area contributed by atoms with Crippen LogP contribution in [0.1, 0.15) is 70.5 Å². The number of hydrogen-bond acceptors (Lipinski definition) is 5. The summed E-state index contributed by atoms with van der Waals surface area (Å²) in [6, 6.07) is 15.9. The summed E-state index contributed by atoms with van der Waals surface area (Å²) in [7, 11) is 0. The Balaban J connectivity index is 1.49. The van der Waals surface area contributed by atoms with Crippen molar-refractivity contribution in [3.05, 3.63) is 65.5 Å². The van der Waals surface area contributed by atoms with Crippen molar-refractivity contribution in [3.63, 3.8) is 0 Å². The summed E-state index contributed by atoms with van der Waals surface area (Å²) in [5.41, 5.74) is 3.32. The Labute approximate surface area is 189 Å². The van der Waals surface area contributed by atoms with Gasteiger partial charge in [-0.2, -0.15) is 4.98 Å². The van der Waals surface area contributed by atoms with E-state index in [9.17, 15) is 4.79 Å². The van der Waals surface area contributed by atoms with E-state index in [-0.39, 0.29) is 23.5 Å². The molecule has 0 aliphatic carbocycles. The van der Waals surface area contributed by atoms with E-state index in [1.54, 1.807) is 0 Å². The van der Waals surface area contributed by atoms with Gasteiger partial charge in [0.15, 0.2) is 0 Å². The lowest BCUT2D eigenvalue weighted by molar-refractivity contribution is -0.130. The fourth-order valence-corrected chi connectivity index (χ4v) is 3.94. The molecule has 1 amide bonds. The van der Waals surface area contributed by atoms with E-state index in [1.807, 2.05) is 43.0 Å². The smallest absolute Gasteiger partial charge is 0.249 e. The van der Waals surface area contributed by atoms with Crippen LogP contribution >= 0.6 is 0 Å². The number of hydrogen-bond donors (Lipinski definition) is 0. The van der Waals surface area contributed by atoms with Crippen LogP contribution in [-0.2, 0) is 16.8 Å². The minimum absolute atomic E-state index is 0.101. The Morgan fingerprint density at radius 1 is 1.09 bits per heavy atom. The Morgan fingerprint density at radius 2 is 1.78 bits per heavy atom. The molecule has 168 valence electrons. The normalized spacial score (nSPS) is 16.8. The number of amides is 1. The van der Waals surface area contributed by atoms with Crippen molar-refractivity contribution >= 4 is 5.91 Å². The van der Waals surface area contributed by atoms with E-state index in [2.05, 4.69) is 55.2 Å². The van der Waals surface area contributed by atoms with Gasteiger partial charge in [0, 0.05) is 18.5 Å². The Hall–Kier alpha value is -3.15. The van der Waals surface area contributed by atoms with E-state index in [0.29, 0.717) is 31.1 Å². The predicted molar refractivity (Wildman–Crippen MR) is 123 cm³/mol. The summed E-state index contributed by atoms with van der Waals surface area (Å²) < 4.78 is 11.3. The van der Waals surface area contributed by atoms with Gasteiger partial charge < -0.3 is 14.2 Å². The van der Waals surface area contributed by atoms with Crippen LogP contribution in [0.2, 0.25) is 0 Å². The maximum atomic E-state index is 12.6. The third kappa shape index (κ3) is 4.85. The molecular weight excluding hydrogens is 402 g/mol. The molecule has 3 aromatic rings. The SMILES string of the molecule is CC(C)Oc1ccc(-c2noc(C3CCC(=O)N3Cc3ccc(C(C)(C)C)cc3)n2)cc1. The van der Waals surface area contributed by atoms with Gasteiger partial charge in [-0.1, -0.05) is 50.2 Å². The molecule has 6 heteroatoms. The monoisotopic (exact) mass is 433 g/mol. The molecule has 1 aromatic heterocycles. The average molecular weight is 434 g/mol. The van der Waals surface area contributed by atoms with Gasteiger partial charge in [0.1, 0.15) is 11.8 Å². The third-order valence-electron chi connectivity index (χ3n) is 5.71. The third-order valence-corrected chi connectivity index (χ3v) is 5.71. The van der Waals surface area contributed by atoms with Gasteiger partial charge in [-0.25, -0.2) is 0 Å². The van der Waals surface area contributed by atoms with E-state index < -0.39 is 0 Å². The number of aromatic nitrogens is 2. The summed E-state index contributed by atoms with van der Waals surface area (Å²) in [6.45, 7) is 11.1. The van der Waals surface area contributed by atoms with E-state index >= 15 is 0 Å². The first-order valence-corrected chi connectivity index (χ1v) is 11.2. The maximum Gasteiger partial charge on any atom is 0.249 e. The molecule has 1 saturated heterocycles. The molecule has 6 nitrogen and oxygen atoms in total. The Kier molecular flexibility index (Phi) is 6.04. The van der Waals surface area contributed by atoms with Crippen molar-refractivity contribution in [1.82, 2.24) is 15.0 Å². The molecule has 0 saturated carbocycles. The van der Waals surface area contributed by atoms with Crippen molar-refractivity contribution in [2.75, 3.05) is 0 Å². The summed E-state index contributed by atoms with van der Waals surface area (Å²) in [6.07, 6.45) is 1.29. The first-order chi connectivity index (χ1) is 15.2. The molecule has 2 heterocycles. The van der Waals surface area contributed by atoms with Crippen molar-refractivity contribution in [2.45, 2.75) is 71.6 Å². The van der Waals surface area contributed by atoms with E-state index in [1.165, 1.54) is 5.56 Å². The van der Waals surface area contributed by atoms with Crippen LogP contribution in [0.4, 0.5) is 0 Å². The van der Waals surface area contributed by atoms with Crippen molar-refractivity contribution in [3.8, 4) is 17.1 Å². The van der Waals surface area contributed by atoms with Crippen molar-refractivity contribution in [1.29, 1.82) is 0 Å². The second kappa shape index (κ2) is 8.77. The molecule has 0 radical (unpaired) electrons. The Bertz CT molecular complexity index is 1060. The number of rotatable bonds is 6. The average Bonchev–Trinajstić information content (AvgIpc) is 3.35. The minimum atomic E-state index is -0.199. The molecule has 32 heavy (non-hydrogen) atoms. The highest BCUT2D eigenvalue weighted by Gasteiger charge is 2.36. The second-order valence-electron chi connectivity index (χ2n) is 9.67. The highest BCUT2D eigenvalue weighted by molar-refractivity contribution is 5.78. The van der Waals surface area contributed by atoms with Gasteiger partial charge in [-0.3, -0.25) is 4.79 Å². The molecule has 0 bridgehead atoms. The molecule has 0 N–H and O–H groups in total. The fraction of sp³-hybridized carbons (Fsp3) is 0.423. The molecule has 2 aromatic carbocycles. The molecule has 1 unspecified atom stereocenters. The standard InChI is InChI=1S/C26H31N3O3/c1-17(2)31-21-12-8-19(9-13-21)24-27-25(32-28-24)22-14-15-23(30)29(22)16-18-6-10-20(11-7-18)26(3,4)5/h6-13,17,22H,14-16H2,1-5H3. The van der Waals surface area contributed by atoms with Gasteiger partial charge >= 0.3 is 0 Å². The van der Waals surface area contributed by atoms with Crippen molar-refractivity contribution < 1.29 is 14.1 Å². The van der Waals surface area contributed by atoms with Crippen LogP contribution in [0.5, 0.6) is 5.75 Å². The second-order valence-corrected chi connectivity index (χ2v) is 9.67. The number of nitrogens with zero attached hydrogens (tertiary/aromatic N) is 3. The topological polar surface area (TPSA) is 68.5 Å². The van der Waals surface area contributed by atoms with E-state index in [0.717, 1.165) is 16.9 Å². The lowest BCUT2D eigenvalue weighted by atomic mass is 9.87. The first kappa shape index (κ1) is 22.1. The molecule has 1 aliphatic rings. The zero-order valence-corrected chi connectivity index (χ0v) is 19.5. The minimum Gasteiger partial charge on any atom is -0.491 e. The molecule has 1 atom stereocenters. The highest BCUT2D eigenvalue weighted by Crippen LogP contribution is 2.34. The Morgan fingerprint density at radius 3 is 2.41 bits per heavy atom. The lowest BCUT2D eigenvalue weighted by Crippen LogP contribution is -2.27. The van der Waals surface area contributed by atoms with Gasteiger partial charge in [-0.05, 0) is 61.1 Å². The lowest BCUT2D eigenvalue weighted by Gasteiger charge is -2.23. The van der Waals surface area contributed by atoms with Crippen LogP contribution in [0.25, 0.3) is 11.4 Å². The fourth-order valence-electron chi connectivity index (χ4n) is 3.94. The molecule has 0 spiro atoms. The number of carbonyl (C=O) groups excluding carboxylic acids is 1. The molecule has 1 aliphatic heterocycles. The number of likely N-dealkylation sites (tertiary alicyclic amines) is 1. The zero-order valence-electron chi connectivity index (χ0n) is 19.5. The predicted octanol–water partition coefficient (Wildman–Crippen LogP) is 5.69. The summed E-state index contributed by atoms with van der Waals surface area (Å²) >= 11 is 0. The van der Waals surface area contributed by atoms with Crippen LogP contribution in [0, 0.1) is 0 Å². The maximum absolute atomic E-state index is 12.6. The molecule has 1 fully saturated rings. The quantitative estimate of drug-likeness (QED) is 0.500. The van der Waals surface area contributed by atoms with Gasteiger partial charge in [-0.15, -0.1) is 0 Å². The first-order valence-electron chi connectivity index (χ1n) is 11.2. The largest absolute Gasteiger partial charge is 0.491 e. The summed E-state index contributed by atoms with van der Waals surface area (Å²) in [5.74, 6) is 1.92. The van der Waals surface area contributed by atoms with Crippen LogP contribution < -0.4 is 4.74 Å².